The van der Waals surface area contributed by atoms with Crippen LogP contribution in [0.1, 0.15) is 78.6 Å². The minimum Gasteiger partial charge on any atom is -0.481 e. The summed E-state index contributed by atoms with van der Waals surface area (Å²) in [6, 6.07) is 0. The Labute approximate surface area is 171 Å². The highest BCUT2D eigenvalue weighted by atomic mass is 17.3. The van der Waals surface area contributed by atoms with Crippen LogP contribution in [0.25, 0.3) is 0 Å². The fourth-order valence-electron chi connectivity index (χ4n) is 6.70. The molecule has 1 heterocycles. The molecule has 0 amide bonds. The van der Waals surface area contributed by atoms with Crippen LogP contribution in [-0.2, 0) is 28.8 Å². The van der Waals surface area contributed by atoms with Crippen LogP contribution in [0, 0.1) is 28.6 Å². The summed E-state index contributed by atoms with van der Waals surface area (Å²) in [6.07, 6.45) is 6.38. The Morgan fingerprint density at radius 1 is 1.03 bits per heavy atom. The van der Waals surface area contributed by atoms with Crippen molar-refractivity contribution in [1.82, 2.24) is 0 Å². The van der Waals surface area contributed by atoms with Crippen LogP contribution in [-0.4, -0.2) is 34.7 Å². The monoisotopic (exact) mass is 408 g/mol. The van der Waals surface area contributed by atoms with Crippen LogP contribution in [0.2, 0.25) is 0 Å². The second-order valence-electron chi connectivity index (χ2n) is 11.2. The highest BCUT2D eigenvalue weighted by Crippen LogP contribution is 2.67. The second kappa shape index (κ2) is 6.17. The molecule has 7 heteroatoms. The average Bonchev–Trinajstić information content (AvgIpc) is 2.98. The Hall–Kier alpha value is -1.18. The Morgan fingerprint density at radius 2 is 1.72 bits per heavy atom. The Bertz CT molecular complexity index is 709. The zero-order valence-corrected chi connectivity index (χ0v) is 17.6. The minimum atomic E-state index is -0.896. The van der Waals surface area contributed by atoms with E-state index >= 15 is 0 Å². The SMILES string of the molecule is CC(C)(C)C(=O)OC1CCCC2(C1)OOC1(O2)C2CC3CC1CC(C(=O)O)(C3)C2. The van der Waals surface area contributed by atoms with Crippen LogP contribution in [0.3, 0.4) is 0 Å². The van der Waals surface area contributed by atoms with E-state index in [-0.39, 0.29) is 23.9 Å². The summed E-state index contributed by atoms with van der Waals surface area (Å²) in [6.45, 7) is 5.55. The van der Waals surface area contributed by atoms with Gasteiger partial charge in [0.15, 0.2) is 0 Å². The first-order valence-corrected chi connectivity index (χ1v) is 11.1. The summed E-state index contributed by atoms with van der Waals surface area (Å²) >= 11 is 0. The molecule has 1 aliphatic heterocycles. The zero-order chi connectivity index (χ0) is 20.7. The zero-order valence-electron chi connectivity index (χ0n) is 17.6. The van der Waals surface area contributed by atoms with Crippen molar-refractivity contribution in [2.45, 2.75) is 96.2 Å². The maximum atomic E-state index is 12.3. The van der Waals surface area contributed by atoms with Crippen LogP contribution in [0.15, 0.2) is 0 Å². The quantitative estimate of drug-likeness (QED) is 0.549. The maximum absolute atomic E-state index is 12.3. The van der Waals surface area contributed by atoms with Crippen molar-refractivity contribution in [3.63, 3.8) is 0 Å². The van der Waals surface area contributed by atoms with Crippen molar-refractivity contribution in [1.29, 1.82) is 0 Å². The molecule has 1 saturated heterocycles. The van der Waals surface area contributed by atoms with Crippen LogP contribution < -0.4 is 0 Å². The smallest absolute Gasteiger partial charge is 0.311 e. The number of carboxylic acid groups (broad SMARTS) is 1. The molecule has 4 unspecified atom stereocenters. The molecule has 1 N–H and O–H groups in total. The lowest BCUT2D eigenvalue weighted by Crippen LogP contribution is -2.64. The van der Waals surface area contributed by atoms with Gasteiger partial charge in [-0.2, -0.15) is 9.78 Å². The summed E-state index contributed by atoms with van der Waals surface area (Å²) < 4.78 is 12.4. The van der Waals surface area contributed by atoms with Gasteiger partial charge in [-0.15, -0.1) is 0 Å². The number of hydrogen-bond donors (Lipinski definition) is 1. The van der Waals surface area contributed by atoms with Gasteiger partial charge in [-0.25, -0.2) is 0 Å². The van der Waals surface area contributed by atoms with Gasteiger partial charge in [0.25, 0.3) is 0 Å². The van der Waals surface area contributed by atoms with Crippen molar-refractivity contribution in [2.75, 3.05) is 0 Å². The molecule has 4 atom stereocenters. The number of carbonyl (C=O) groups excluding carboxylic acids is 1. The molecule has 6 rings (SSSR count). The standard InChI is InChI=1S/C22H32O7/c1-19(2,3)18(25)26-16-5-4-6-21(12-16)27-22(29-28-21)14-7-13-8-15(22)11-20(9-13,10-14)17(23)24/h13-16H,4-12H2,1-3H3,(H,23,24). The molecular weight excluding hydrogens is 376 g/mol. The molecule has 162 valence electrons. The highest BCUT2D eigenvalue weighted by molar-refractivity contribution is 5.76. The van der Waals surface area contributed by atoms with E-state index < -0.39 is 28.4 Å². The first-order valence-electron chi connectivity index (χ1n) is 11.1. The molecule has 4 bridgehead atoms. The molecule has 2 spiro atoms. The summed E-state index contributed by atoms with van der Waals surface area (Å²) in [5.74, 6) is -2.11. The van der Waals surface area contributed by atoms with E-state index in [1.807, 2.05) is 20.8 Å². The van der Waals surface area contributed by atoms with E-state index in [0.29, 0.717) is 31.6 Å². The second-order valence-corrected chi connectivity index (χ2v) is 11.2. The number of aliphatic carboxylic acids is 1. The number of rotatable bonds is 2. The lowest BCUT2D eigenvalue weighted by atomic mass is 9.47. The van der Waals surface area contributed by atoms with Crippen LogP contribution in [0.4, 0.5) is 0 Å². The molecule has 0 radical (unpaired) electrons. The van der Waals surface area contributed by atoms with Gasteiger partial charge in [0.1, 0.15) is 6.10 Å². The predicted octanol–water partition coefficient (Wildman–Crippen LogP) is 3.80. The number of esters is 1. The fraction of sp³-hybridized carbons (Fsp3) is 0.909. The normalized spacial score (nSPS) is 48.4. The Balaban J connectivity index is 1.34. The average molecular weight is 408 g/mol. The molecule has 6 aliphatic rings. The molecule has 5 aliphatic carbocycles. The van der Waals surface area contributed by atoms with Gasteiger partial charge in [0.05, 0.1) is 10.8 Å². The molecule has 29 heavy (non-hydrogen) atoms. The van der Waals surface area contributed by atoms with Crippen molar-refractivity contribution in [3.8, 4) is 0 Å². The first kappa shape index (κ1) is 19.8. The van der Waals surface area contributed by atoms with Gasteiger partial charge in [0.2, 0.25) is 11.6 Å². The lowest BCUT2D eigenvalue weighted by molar-refractivity contribution is -0.394. The third-order valence-electron chi connectivity index (χ3n) is 7.96. The number of carboxylic acids is 1. The van der Waals surface area contributed by atoms with Gasteiger partial charge in [-0.3, -0.25) is 9.59 Å². The molecule has 6 fully saturated rings. The first-order chi connectivity index (χ1) is 13.6. The number of ether oxygens (including phenoxy) is 2. The van der Waals surface area contributed by atoms with Gasteiger partial charge < -0.3 is 14.6 Å². The molecule has 0 aromatic heterocycles. The molecule has 7 nitrogen and oxygen atoms in total. The molecule has 0 aromatic carbocycles. The molecule has 5 saturated carbocycles. The van der Waals surface area contributed by atoms with Crippen LogP contribution >= 0.6 is 0 Å². The Morgan fingerprint density at radius 3 is 2.34 bits per heavy atom. The minimum absolute atomic E-state index is 0.0433. The van der Waals surface area contributed by atoms with Gasteiger partial charge >= 0.3 is 11.9 Å². The number of carbonyl (C=O) groups is 2. The third kappa shape index (κ3) is 2.95. The van der Waals surface area contributed by atoms with E-state index in [4.69, 9.17) is 19.2 Å². The van der Waals surface area contributed by atoms with Crippen molar-refractivity contribution >= 4 is 11.9 Å². The van der Waals surface area contributed by atoms with Crippen molar-refractivity contribution in [2.24, 2.45) is 28.6 Å². The highest BCUT2D eigenvalue weighted by Gasteiger charge is 2.71. The topological polar surface area (TPSA) is 91.3 Å². The van der Waals surface area contributed by atoms with E-state index in [2.05, 4.69) is 0 Å². The molecular formula is C22H32O7. The van der Waals surface area contributed by atoms with Crippen molar-refractivity contribution in [3.05, 3.63) is 0 Å². The summed E-state index contributed by atoms with van der Waals surface area (Å²) in [5.41, 5.74) is -1.17. The summed E-state index contributed by atoms with van der Waals surface area (Å²) in [4.78, 5) is 36.2. The van der Waals surface area contributed by atoms with Crippen molar-refractivity contribution < 1.29 is 33.9 Å². The molecule has 0 aromatic rings. The summed E-state index contributed by atoms with van der Waals surface area (Å²) in [5, 5.41) is 9.88. The van der Waals surface area contributed by atoms with Gasteiger partial charge in [-0.05, 0) is 71.6 Å². The van der Waals surface area contributed by atoms with Gasteiger partial charge in [0, 0.05) is 24.7 Å². The lowest BCUT2D eigenvalue weighted by Gasteiger charge is -2.60. The van der Waals surface area contributed by atoms with E-state index in [1.165, 1.54) is 0 Å². The maximum Gasteiger partial charge on any atom is 0.311 e. The van der Waals surface area contributed by atoms with E-state index in [9.17, 15) is 14.7 Å². The fourth-order valence-corrected chi connectivity index (χ4v) is 6.70. The third-order valence-corrected chi connectivity index (χ3v) is 7.96. The summed E-state index contributed by atoms with van der Waals surface area (Å²) in [7, 11) is 0. The van der Waals surface area contributed by atoms with E-state index in [0.717, 1.165) is 32.1 Å². The predicted molar refractivity (Wildman–Crippen MR) is 100 cm³/mol. The van der Waals surface area contributed by atoms with Gasteiger partial charge in [-0.1, -0.05) is 0 Å². The number of hydrogen-bond acceptors (Lipinski definition) is 6. The Kier molecular flexibility index (Phi) is 4.21. The van der Waals surface area contributed by atoms with Crippen LogP contribution in [0.5, 0.6) is 0 Å². The van der Waals surface area contributed by atoms with E-state index in [1.54, 1.807) is 0 Å². The largest absolute Gasteiger partial charge is 0.481 e.